The van der Waals surface area contributed by atoms with Crippen LogP contribution in [0.5, 0.6) is 0 Å². The summed E-state index contributed by atoms with van der Waals surface area (Å²) in [5, 5.41) is 23.1. The molecule has 3 N–H and O–H groups in total. The van der Waals surface area contributed by atoms with Gasteiger partial charge < -0.3 is 30.2 Å². The molecule has 0 fully saturated rings. The Labute approximate surface area is 252 Å². The summed E-state index contributed by atoms with van der Waals surface area (Å²) in [4.78, 5) is 57.1. The number of hydrogen-bond donors (Lipinski definition) is 3. The molecule has 0 atom stereocenters. The number of carboxylic acid groups (broad SMARTS) is 2. The Morgan fingerprint density at radius 1 is 0.829 bits per heavy atom. The number of nitrogens with one attached hydrogen (secondary N) is 1. The molecule has 0 saturated heterocycles. The molecule has 11 nitrogen and oxygen atoms in total. The zero-order valence-electron chi connectivity index (χ0n) is 25.2. The lowest BCUT2D eigenvalue weighted by Gasteiger charge is -2.37. The van der Waals surface area contributed by atoms with E-state index in [1.165, 1.54) is 9.80 Å². The van der Waals surface area contributed by atoms with Crippen molar-refractivity contribution in [2.45, 2.75) is 89.8 Å². The molecule has 232 valence electrons. The molecule has 1 aromatic rings. The second-order valence-electron chi connectivity index (χ2n) is 11.6. The van der Waals surface area contributed by atoms with Gasteiger partial charge in [-0.3, -0.25) is 9.59 Å². The van der Waals surface area contributed by atoms with E-state index in [1.807, 2.05) is 18.2 Å². The standard InChI is InChI=1S/C28H47N5O6S2/c1-27(2,3)32(25(36)37)19-17-31(18-20-33(26(38)39)28(4,5)6)24(35)13-8-7-10-15-29-22(34)14-21-40-41-23-12-9-11-16-30-23/h9,11-12,16H,7-8,10,13-15,17-21H2,1-6H3,(H,29,34)(H,36,37)(H,38,39). The fourth-order valence-corrected chi connectivity index (χ4v) is 5.79. The average molecular weight is 614 g/mol. The van der Waals surface area contributed by atoms with E-state index < -0.39 is 23.3 Å². The van der Waals surface area contributed by atoms with Crippen molar-refractivity contribution in [1.29, 1.82) is 0 Å². The van der Waals surface area contributed by atoms with E-state index in [-0.39, 0.29) is 44.4 Å². The summed E-state index contributed by atoms with van der Waals surface area (Å²) in [6.45, 7) is 11.9. The molecule has 41 heavy (non-hydrogen) atoms. The van der Waals surface area contributed by atoms with E-state index in [2.05, 4.69) is 10.3 Å². The van der Waals surface area contributed by atoms with Crippen molar-refractivity contribution in [2.75, 3.05) is 38.5 Å². The van der Waals surface area contributed by atoms with Crippen molar-refractivity contribution in [2.24, 2.45) is 0 Å². The molecule has 0 spiro atoms. The molecule has 1 aromatic heterocycles. The lowest BCUT2D eigenvalue weighted by molar-refractivity contribution is -0.132. The summed E-state index contributed by atoms with van der Waals surface area (Å²) in [5.74, 6) is 0.528. The number of nitrogens with zero attached hydrogens (tertiary/aromatic N) is 4. The number of hydrogen-bond acceptors (Lipinski definition) is 7. The lowest BCUT2D eigenvalue weighted by atomic mass is 10.1. The maximum atomic E-state index is 13.1. The Kier molecular flexibility index (Phi) is 16.0. The average Bonchev–Trinajstić information content (AvgIpc) is 2.86. The Morgan fingerprint density at radius 2 is 1.41 bits per heavy atom. The maximum absolute atomic E-state index is 13.1. The number of rotatable bonds is 17. The summed E-state index contributed by atoms with van der Waals surface area (Å²) >= 11 is 0. The molecule has 0 bridgehead atoms. The minimum atomic E-state index is -1.07. The minimum absolute atomic E-state index is 0.00922. The summed E-state index contributed by atoms with van der Waals surface area (Å²) in [5.41, 5.74) is -1.28. The molecule has 0 saturated carbocycles. The first-order valence-electron chi connectivity index (χ1n) is 13.9. The van der Waals surface area contributed by atoms with Crippen molar-refractivity contribution in [3.05, 3.63) is 24.4 Å². The van der Waals surface area contributed by atoms with Crippen molar-refractivity contribution < 1.29 is 29.4 Å². The van der Waals surface area contributed by atoms with Crippen LogP contribution < -0.4 is 5.32 Å². The number of carbonyl (C=O) groups is 4. The highest BCUT2D eigenvalue weighted by molar-refractivity contribution is 8.76. The third-order valence-electron chi connectivity index (χ3n) is 6.21. The molecule has 1 heterocycles. The summed E-state index contributed by atoms with van der Waals surface area (Å²) in [6, 6.07) is 5.71. The van der Waals surface area contributed by atoms with Crippen molar-refractivity contribution in [3.8, 4) is 0 Å². The van der Waals surface area contributed by atoms with Gasteiger partial charge in [0.1, 0.15) is 5.03 Å². The van der Waals surface area contributed by atoms with E-state index >= 15 is 0 Å². The van der Waals surface area contributed by atoms with Crippen LogP contribution in [0, 0.1) is 0 Å². The molecule has 1 rings (SSSR count). The quantitative estimate of drug-likeness (QED) is 0.158. The van der Waals surface area contributed by atoms with Crippen molar-refractivity contribution >= 4 is 45.6 Å². The van der Waals surface area contributed by atoms with Crippen LogP contribution in [-0.2, 0) is 9.59 Å². The molecule has 4 amide bonds. The summed E-state index contributed by atoms with van der Waals surface area (Å²) in [6.07, 6.45) is 2.38. The maximum Gasteiger partial charge on any atom is 0.407 e. The first-order chi connectivity index (χ1) is 19.1. The van der Waals surface area contributed by atoms with E-state index in [9.17, 15) is 29.4 Å². The van der Waals surface area contributed by atoms with Gasteiger partial charge in [0.25, 0.3) is 0 Å². The smallest absolute Gasteiger partial charge is 0.407 e. The molecule has 0 aliphatic heterocycles. The zero-order chi connectivity index (χ0) is 31.1. The van der Waals surface area contributed by atoms with Crippen LogP contribution >= 0.6 is 21.6 Å². The first kappa shape index (κ1) is 36.4. The van der Waals surface area contributed by atoms with Gasteiger partial charge in [-0.25, -0.2) is 14.6 Å². The van der Waals surface area contributed by atoms with Crippen LogP contribution in [0.2, 0.25) is 0 Å². The highest BCUT2D eigenvalue weighted by atomic mass is 33.1. The lowest BCUT2D eigenvalue weighted by Crippen LogP contribution is -2.52. The minimum Gasteiger partial charge on any atom is -0.465 e. The fourth-order valence-electron chi connectivity index (χ4n) is 3.92. The number of amides is 4. The third kappa shape index (κ3) is 15.2. The zero-order valence-corrected chi connectivity index (χ0v) is 26.9. The van der Waals surface area contributed by atoms with Gasteiger partial charge in [0.2, 0.25) is 11.8 Å². The first-order valence-corrected chi connectivity index (χ1v) is 16.2. The monoisotopic (exact) mass is 613 g/mol. The molecule has 0 radical (unpaired) electrons. The van der Waals surface area contributed by atoms with Gasteiger partial charge in [0.05, 0.1) is 0 Å². The third-order valence-corrected chi connectivity index (χ3v) is 8.47. The van der Waals surface area contributed by atoms with Crippen molar-refractivity contribution in [1.82, 2.24) is 25.0 Å². The number of aromatic nitrogens is 1. The van der Waals surface area contributed by atoms with Gasteiger partial charge in [-0.2, -0.15) is 0 Å². The van der Waals surface area contributed by atoms with Gasteiger partial charge in [0, 0.05) is 68.6 Å². The Balaban J connectivity index is 2.50. The van der Waals surface area contributed by atoms with Crippen LogP contribution in [0.3, 0.4) is 0 Å². The SMILES string of the molecule is CC(C)(C)N(CCN(CCN(C(=O)O)C(C)(C)C)C(=O)CCCCCNC(=O)CCSSc1ccccn1)C(=O)O. The predicted octanol–water partition coefficient (Wildman–Crippen LogP) is 5.27. The highest BCUT2D eigenvalue weighted by Gasteiger charge is 2.29. The van der Waals surface area contributed by atoms with Gasteiger partial charge in [0.15, 0.2) is 0 Å². The van der Waals surface area contributed by atoms with E-state index in [0.29, 0.717) is 25.1 Å². The van der Waals surface area contributed by atoms with Crippen LogP contribution in [0.15, 0.2) is 29.4 Å². The number of pyridine rings is 1. The predicted molar refractivity (Wildman–Crippen MR) is 164 cm³/mol. The highest BCUT2D eigenvalue weighted by Crippen LogP contribution is 2.29. The second-order valence-corrected chi connectivity index (χ2v) is 14.0. The molecule has 0 aliphatic rings. The van der Waals surface area contributed by atoms with Gasteiger partial charge >= 0.3 is 12.2 Å². The Morgan fingerprint density at radius 3 is 1.90 bits per heavy atom. The van der Waals surface area contributed by atoms with Crippen LogP contribution in [0.25, 0.3) is 0 Å². The Bertz CT molecular complexity index is 933. The molecule has 0 aromatic carbocycles. The molecule has 0 unspecified atom stereocenters. The van der Waals surface area contributed by atoms with E-state index in [1.54, 1.807) is 74.2 Å². The normalized spacial score (nSPS) is 11.6. The van der Waals surface area contributed by atoms with Crippen LogP contribution in [0.1, 0.15) is 73.6 Å². The van der Waals surface area contributed by atoms with E-state index in [0.717, 1.165) is 17.9 Å². The van der Waals surface area contributed by atoms with Gasteiger partial charge in [-0.05, 0) is 77.3 Å². The Hall–Kier alpha value is -2.67. The molecular formula is C28H47N5O6S2. The summed E-state index contributed by atoms with van der Waals surface area (Å²) in [7, 11) is 3.13. The topological polar surface area (TPSA) is 143 Å². The molecule has 13 heteroatoms. The van der Waals surface area contributed by atoms with Gasteiger partial charge in [-0.1, -0.05) is 23.3 Å². The molecule has 0 aliphatic carbocycles. The number of carbonyl (C=O) groups excluding carboxylic acids is 2. The number of unbranched alkanes of at least 4 members (excludes halogenated alkanes) is 2. The summed E-state index contributed by atoms with van der Waals surface area (Å²) < 4.78 is 0. The fraction of sp³-hybridized carbons (Fsp3) is 0.679. The van der Waals surface area contributed by atoms with Crippen LogP contribution in [0.4, 0.5) is 9.59 Å². The van der Waals surface area contributed by atoms with Gasteiger partial charge in [-0.15, -0.1) is 0 Å². The van der Waals surface area contributed by atoms with E-state index in [4.69, 9.17) is 0 Å². The van der Waals surface area contributed by atoms with Crippen molar-refractivity contribution in [3.63, 3.8) is 0 Å². The second kappa shape index (κ2) is 18.0. The molecular weight excluding hydrogens is 566 g/mol. The van der Waals surface area contributed by atoms with Crippen LogP contribution in [-0.4, -0.2) is 103 Å². The largest absolute Gasteiger partial charge is 0.465 e.